The largest absolute Gasteiger partial charge is 0.382 e. The number of nitrogen functional groups attached to an aromatic ring is 1. The number of nitrogens with two attached hydrogens (primary N) is 1. The maximum atomic E-state index is 12.0. The molecule has 0 bridgehead atoms. The number of aromatic nitrogens is 4. The van der Waals surface area contributed by atoms with Gasteiger partial charge in [-0.15, -0.1) is 0 Å². The van der Waals surface area contributed by atoms with Crippen molar-refractivity contribution in [1.29, 1.82) is 0 Å². The summed E-state index contributed by atoms with van der Waals surface area (Å²) in [7, 11) is 1.69. The molecule has 0 fully saturated rings. The van der Waals surface area contributed by atoms with Gasteiger partial charge in [0.15, 0.2) is 11.5 Å². The van der Waals surface area contributed by atoms with Crippen molar-refractivity contribution < 1.29 is 0 Å². The van der Waals surface area contributed by atoms with Gasteiger partial charge in [-0.3, -0.25) is 9.13 Å². The molecule has 2 aromatic heterocycles. The number of hydrogen-bond donors (Lipinski definition) is 1. The fraction of sp³-hybridized carbons (Fsp3) is 0.500. The molecule has 2 heterocycles. The Labute approximate surface area is 92.7 Å². The zero-order valence-corrected chi connectivity index (χ0v) is 9.64. The monoisotopic (exact) mass is 221 g/mol. The Hall–Kier alpha value is -1.85. The number of imidazole rings is 1. The second-order valence-corrected chi connectivity index (χ2v) is 4.28. The minimum absolute atomic E-state index is 0.101. The van der Waals surface area contributed by atoms with Crippen LogP contribution in [0.1, 0.15) is 13.8 Å². The van der Waals surface area contributed by atoms with Crippen LogP contribution in [0.2, 0.25) is 0 Å². The summed E-state index contributed by atoms with van der Waals surface area (Å²) in [6.07, 6.45) is 1.37. The van der Waals surface area contributed by atoms with Gasteiger partial charge in [-0.2, -0.15) is 0 Å². The molecule has 0 spiro atoms. The van der Waals surface area contributed by atoms with Gasteiger partial charge in [-0.1, -0.05) is 13.8 Å². The standard InChI is InChI=1S/C10H15N5O/c1-6(2)4-15-7-8(11)12-5-13-9(7)14(3)10(15)16/h5-6H,4H2,1-3H3,(H2,11,12,13). The van der Waals surface area contributed by atoms with Crippen molar-refractivity contribution in [1.82, 2.24) is 19.1 Å². The van der Waals surface area contributed by atoms with Crippen LogP contribution in [-0.4, -0.2) is 19.1 Å². The van der Waals surface area contributed by atoms with Crippen molar-refractivity contribution >= 4 is 17.0 Å². The molecule has 86 valence electrons. The molecule has 0 saturated carbocycles. The Morgan fingerprint density at radius 3 is 2.75 bits per heavy atom. The molecule has 0 unspecified atom stereocenters. The SMILES string of the molecule is CC(C)Cn1c(=O)n(C)c2ncnc(N)c21. The van der Waals surface area contributed by atoms with Crippen molar-refractivity contribution in [2.45, 2.75) is 20.4 Å². The van der Waals surface area contributed by atoms with E-state index >= 15 is 0 Å². The molecule has 2 rings (SSSR count). The maximum Gasteiger partial charge on any atom is 0.330 e. The van der Waals surface area contributed by atoms with Crippen molar-refractivity contribution in [2.24, 2.45) is 13.0 Å². The zero-order valence-electron chi connectivity index (χ0n) is 9.64. The van der Waals surface area contributed by atoms with Crippen LogP contribution < -0.4 is 11.4 Å². The van der Waals surface area contributed by atoms with Gasteiger partial charge in [0.05, 0.1) is 0 Å². The molecule has 6 heteroatoms. The van der Waals surface area contributed by atoms with E-state index in [4.69, 9.17) is 5.73 Å². The Balaban J connectivity index is 2.81. The van der Waals surface area contributed by atoms with Gasteiger partial charge >= 0.3 is 5.69 Å². The van der Waals surface area contributed by atoms with E-state index in [9.17, 15) is 4.79 Å². The first kappa shape index (κ1) is 10.7. The summed E-state index contributed by atoms with van der Waals surface area (Å²) in [5, 5.41) is 0. The Kier molecular flexibility index (Phi) is 2.41. The summed E-state index contributed by atoms with van der Waals surface area (Å²) >= 11 is 0. The number of anilines is 1. The van der Waals surface area contributed by atoms with E-state index in [1.807, 2.05) is 13.8 Å². The first-order chi connectivity index (χ1) is 7.52. The van der Waals surface area contributed by atoms with E-state index in [1.54, 1.807) is 11.6 Å². The molecule has 0 saturated heterocycles. The molecule has 0 aromatic carbocycles. The molecular weight excluding hydrogens is 206 g/mol. The molecule has 0 aliphatic rings. The predicted molar refractivity (Wildman–Crippen MR) is 62.0 cm³/mol. The second-order valence-electron chi connectivity index (χ2n) is 4.28. The average Bonchev–Trinajstić information content (AvgIpc) is 2.45. The summed E-state index contributed by atoms with van der Waals surface area (Å²) in [5.41, 5.74) is 6.90. The zero-order chi connectivity index (χ0) is 11.9. The minimum atomic E-state index is -0.101. The van der Waals surface area contributed by atoms with Crippen LogP contribution in [-0.2, 0) is 13.6 Å². The van der Waals surface area contributed by atoms with Gasteiger partial charge in [0.2, 0.25) is 0 Å². The van der Waals surface area contributed by atoms with Gasteiger partial charge < -0.3 is 5.73 Å². The first-order valence-corrected chi connectivity index (χ1v) is 5.18. The van der Waals surface area contributed by atoms with Crippen LogP contribution in [0.15, 0.2) is 11.1 Å². The van der Waals surface area contributed by atoms with Gasteiger partial charge in [0.25, 0.3) is 0 Å². The van der Waals surface area contributed by atoms with Crippen LogP contribution in [0.3, 0.4) is 0 Å². The fourth-order valence-electron chi connectivity index (χ4n) is 1.79. The van der Waals surface area contributed by atoms with E-state index in [-0.39, 0.29) is 5.69 Å². The molecule has 0 aliphatic carbocycles. The minimum Gasteiger partial charge on any atom is -0.382 e. The van der Waals surface area contributed by atoms with E-state index in [2.05, 4.69) is 9.97 Å². The van der Waals surface area contributed by atoms with Gasteiger partial charge in [0, 0.05) is 13.6 Å². The highest BCUT2D eigenvalue weighted by Gasteiger charge is 2.15. The van der Waals surface area contributed by atoms with Gasteiger partial charge in [0.1, 0.15) is 11.8 Å². The van der Waals surface area contributed by atoms with Crippen LogP contribution in [0.25, 0.3) is 11.2 Å². The Morgan fingerprint density at radius 2 is 2.12 bits per heavy atom. The quantitative estimate of drug-likeness (QED) is 0.794. The lowest BCUT2D eigenvalue weighted by Gasteiger charge is -2.06. The molecule has 0 atom stereocenters. The highest BCUT2D eigenvalue weighted by molar-refractivity contribution is 5.81. The second kappa shape index (κ2) is 3.62. The van der Waals surface area contributed by atoms with E-state index in [0.717, 1.165) is 0 Å². The smallest absolute Gasteiger partial charge is 0.330 e. The maximum absolute atomic E-state index is 12.0. The van der Waals surface area contributed by atoms with Crippen LogP contribution >= 0.6 is 0 Å². The third kappa shape index (κ3) is 1.46. The highest BCUT2D eigenvalue weighted by atomic mass is 16.1. The summed E-state index contributed by atoms with van der Waals surface area (Å²) in [5.74, 6) is 0.714. The molecule has 2 aromatic rings. The van der Waals surface area contributed by atoms with Crippen molar-refractivity contribution in [3.8, 4) is 0 Å². The number of nitrogens with zero attached hydrogens (tertiary/aromatic N) is 4. The van der Waals surface area contributed by atoms with Crippen molar-refractivity contribution in [2.75, 3.05) is 5.73 Å². The summed E-state index contributed by atoms with van der Waals surface area (Å²) in [4.78, 5) is 20.0. The number of fused-ring (bicyclic) bond motifs is 1. The third-order valence-electron chi connectivity index (χ3n) is 2.48. The summed E-state index contributed by atoms with van der Waals surface area (Å²) in [6, 6.07) is 0. The molecular formula is C10H15N5O. The lowest BCUT2D eigenvalue weighted by atomic mass is 10.2. The van der Waals surface area contributed by atoms with E-state index < -0.39 is 0 Å². The average molecular weight is 221 g/mol. The normalized spacial score (nSPS) is 11.5. The van der Waals surface area contributed by atoms with Crippen LogP contribution in [0, 0.1) is 5.92 Å². The van der Waals surface area contributed by atoms with E-state index in [0.29, 0.717) is 29.4 Å². The summed E-state index contributed by atoms with van der Waals surface area (Å²) in [6.45, 7) is 4.71. The predicted octanol–water partition coefficient (Wildman–Crippen LogP) is 0.368. The Bertz CT molecular complexity index is 581. The molecule has 6 nitrogen and oxygen atoms in total. The van der Waals surface area contributed by atoms with Crippen molar-refractivity contribution in [3.63, 3.8) is 0 Å². The molecule has 0 aliphatic heterocycles. The molecule has 16 heavy (non-hydrogen) atoms. The lowest BCUT2D eigenvalue weighted by Crippen LogP contribution is -2.24. The van der Waals surface area contributed by atoms with E-state index in [1.165, 1.54) is 10.9 Å². The van der Waals surface area contributed by atoms with Gasteiger partial charge in [-0.25, -0.2) is 14.8 Å². The lowest BCUT2D eigenvalue weighted by molar-refractivity contribution is 0.516. The van der Waals surface area contributed by atoms with Gasteiger partial charge in [-0.05, 0) is 5.92 Å². The fourth-order valence-corrected chi connectivity index (χ4v) is 1.79. The number of rotatable bonds is 2. The summed E-state index contributed by atoms with van der Waals surface area (Å²) < 4.78 is 3.13. The molecule has 0 radical (unpaired) electrons. The first-order valence-electron chi connectivity index (χ1n) is 5.18. The number of hydrogen-bond acceptors (Lipinski definition) is 4. The number of aryl methyl sites for hydroxylation is 1. The molecule has 0 amide bonds. The van der Waals surface area contributed by atoms with Crippen LogP contribution in [0.5, 0.6) is 0 Å². The highest BCUT2D eigenvalue weighted by Crippen LogP contribution is 2.15. The third-order valence-corrected chi connectivity index (χ3v) is 2.48. The van der Waals surface area contributed by atoms with Crippen molar-refractivity contribution in [3.05, 3.63) is 16.8 Å². The Morgan fingerprint density at radius 1 is 1.44 bits per heavy atom. The topological polar surface area (TPSA) is 78.7 Å². The molecule has 2 N–H and O–H groups in total. The van der Waals surface area contributed by atoms with Crippen LogP contribution in [0.4, 0.5) is 5.82 Å².